The molecular weight excluding hydrogens is 188 g/mol. The van der Waals surface area contributed by atoms with Gasteiger partial charge >= 0.3 is 0 Å². The molecule has 0 unspecified atom stereocenters. The number of rotatable bonds is 2. The van der Waals surface area contributed by atoms with Crippen molar-refractivity contribution >= 4 is 11.0 Å². The molecule has 0 aliphatic heterocycles. The molecule has 0 saturated heterocycles. The van der Waals surface area contributed by atoms with Crippen molar-refractivity contribution < 1.29 is 1.43 Å². The normalized spacial score (nSPS) is 12.3. The molecule has 82 valence electrons. The first-order valence-corrected chi connectivity index (χ1v) is 5.23. The quantitative estimate of drug-likeness (QED) is 0.821. The van der Waals surface area contributed by atoms with Crippen LogP contribution in [0.5, 0.6) is 0 Å². The van der Waals surface area contributed by atoms with Gasteiger partial charge < -0.3 is 0 Å². The molecule has 0 spiro atoms. The van der Waals surface area contributed by atoms with Gasteiger partial charge in [-0.3, -0.25) is 5.10 Å². The molecule has 0 saturated carbocycles. The molecule has 0 aromatic carbocycles. The Morgan fingerprint density at radius 2 is 2.13 bits per heavy atom. The number of hydrogen-bond acceptors (Lipinski definition) is 3. The highest BCUT2D eigenvalue weighted by atomic mass is 15.1. The fraction of sp³-hybridized carbons (Fsp3) is 0.545. The first-order chi connectivity index (χ1) is 7.04. The Kier molecular flexibility index (Phi) is 2.21. The van der Waals surface area contributed by atoms with E-state index in [9.17, 15) is 0 Å². The predicted molar refractivity (Wildman–Crippen MR) is 61.9 cm³/mol. The van der Waals surface area contributed by atoms with Crippen LogP contribution in [0.15, 0.2) is 6.20 Å². The van der Waals surface area contributed by atoms with Gasteiger partial charge in [0.1, 0.15) is 5.82 Å². The minimum Gasteiger partial charge on any atom is -0.261 e. The fourth-order valence-corrected chi connectivity index (χ4v) is 1.63. The number of aromatic nitrogens is 4. The van der Waals surface area contributed by atoms with E-state index < -0.39 is 0 Å². The third-order valence-corrected chi connectivity index (χ3v) is 2.95. The zero-order valence-corrected chi connectivity index (χ0v) is 9.63. The standard InChI is InChI=1S/C11H16N4.H2/c1-5-11(3,4)9-8-6-12-15-10(8)14-7(2)13-9;/h6H,5H2,1-4H3,(H,12,13,14,15);1H. The molecule has 0 radical (unpaired) electrons. The lowest BCUT2D eigenvalue weighted by Crippen LogP contribution is -2.18. The van der Waals surface area contributed by atoms with Gasteiger partial charge in [-0.2, -0.15) is 5.10 Å². The van der Waals surface area contributed by atoms with Gasteiger partial charge in [0.2, 0.25) is 0 Å². The maximum absolute atomic E-state index is 4.54. The molecule has 2 heterocycles. The van der Waals surface area contributed by atoms with Gasteiger partial charge in [0.25, 0.3) is 0 Å². The Labute approximate surface area is 90.6 Å². The third-order valence-electron chi connectivity index (χ3n) is 2.95. The average molecular weight is 206 g/mol. The van der Waals surface area contributed by atoms with Gasteiger partial charge in [-0.1, -0.05) is 20.8 Å². The average Bonchev–Trinajstić information content (AvgIpc) is 2.63. The number of nitrogens with zero attached hydrogens (tertiary/aromatic N) is 3. The SMILES string of the molecule is CCC(C)(C)c1nc(C)nc2[nH]ncc12.[HH]. The highest BCUT2D eigenvalue weighted by Crippen LogP contribution is 2.29. The molecule has 0 atom stereocenters. The zero-order valence-electron chi connectivity index (χ0n) is 9.63. The molecule has 15 heavy (non-hydrogen) atoms. The van der Waals surface area contributed by atoms with Crippen molar-refractivity contribution in [1.29, 1.82) is 0 Å². The number of nitrogens with one attached hydrogen (secondary N) is 1. The number of H-pyrrole nitrogens is 1. The van der Waals surface area contributed by atoms with Crippen LogP contribution in [0.3, 0.4) is 0 Å². The molecule has 1 N–H and O–H groups in total. The number of aryl methyl sites for hydroxylation is 1. The van der Waals surface area contributed by atoms with Crippen molar-refractivity contribution in [3.63, 3.8) is 0 Å². The van der Waals surface area contributed by atoms with Gasteiger partial charge in [-0.25, -0.2) is 9.97 Å². The van der Waals surface area contributed by atoms with Crippen LogP contribution in [0.1, 0.15) is 40.1 Å². The number of hydrogen-bond donors (Lipinski definition) is 1. The second-order valence-electron chi connectivity index (χ2n) is 4.49. The van der Waals surface area contributed by atoms with Crippen LogP contribution in [0.2, 0.25) is 0 Å². The molecular formula is C11H18N4. The Morgan fingerprint density at radius 1 is 1.40 bits per heavy atom. The first kappa shape index (κ1) is 10.1. The van der Waals surface area contributed by atoms with Crippen molar-refractivity contribution in [2.45, 2.75) is 39.5 Å². The fourth-order valence-electron chi connectivity index (χ4n) is 1.63. The van der Waals surface area contributed by atoms with Crippen LogP contribution in [0, 0.1) is 6.92 Å². The number of fused-ring (bicyclic) bond motifs is 1. The van der Waals surface area contributed by atoms with E-state index in [0.717, 1.165) is 29.0 Å². The summed E-state index contributed by atoms with van der Waals surface area (Å²) < 4.78 is 0. The molecule has 4 heteroatoms. The minimum absolute atomic E-state index is 0. The summed E-state index contributed by atoms with van der Waals surface area (Å²) >= 11 is 0. The maximum atomic E-state index is 4.54. The highest BCUT2D eigenvalue weighted by molar-refractivity contribution is 5.77. The summed E-state index contributed by atoms with van der Waals surface area (Å²) in [7, 11) is 0. The summed E-state index contributed by atoms with van der Waals surface area (Å²) in [5.41, 5.74) is 1.98. The molecule has 2 aromatic rings. The van der Waals surface area contributed by atoms with E-state index in [4.69, 9.17) is 0 Å². The molecule has 0 aliphatic carbocycles. The second kappa shape index (κ2) is 3.29. The largest absolute Gasteiger partial charge is 0.261 e. The van der Waals surface area contributed by atoms with Gasteiger partial charge in [-0.15, -0.1) is 0 Å². The van der Waals surface area contributed by atoms with Crippen LogP contribution in [0.4, 0.5) is 0 Å². The summed E-state index contributed by atoms with van der Waals surface area (Å²) in [6.07, 6.45) is 2.85. The zero-order chi connectivity index (χ0) is 11.1. The van der Waals surface area contributed by atoms with Crippen molar-refractivity contribution in [2.24, 2.45) is 0 Å². The summed E-state index contributed by atoms with van der Waals surface area (Å²) in [5.74, 6) is 0.795. The predicted octanol–water partition coefficient (Wildman–Crippen LogP) is 2.59. The Bertz CT molecular complexity index is 490. The Hall–Kier alpha value is -1.45. The lowest BCUT2D eigenvalue weighted by molar-refractivity contribution is 0.493. The van der Waals surface area contributed by atoms with Gasteiger partial charge in [0, 0.05) is 6.84 Å². The van der Waals surface area contributed by atoms with Crippen molar-refractivity contribution in [3.8, 4) is 0 Å². The van der Waals surface area contributed by atoms with Crippen molar-refractivity contribution in [2.75, 3.05) is 0 Å². The maximum Gasteiger partial charge on any atom is 0.159 e. The van der Waals surface area contributed by atoms with Crippen LogP contribution in [-0.4, -0.2) is 20.2 Å². The lowest BCUT2D eigenvalue weighted by atomic mass is 9.85. The van der Waals surface area contributed by atoms with E-state index in [0.29, 0.717) is 0 Å². The minimum atomic E-state index is 0. The Balaban J connectivity index is 0.00000128. The van der Waals surface area contributed by atoms with E-state index in [1.54, 1.807) is 0 Å². The summed E-state index contributed by atoms with van der Waals surface area (Å²) in [6, 6.07) is 0. The lowest BCUT2D eigenvalue weighted by Gasteiger charge is -2.22. The van der Waals surface area contributed by atoms with Crippen molar-refractivity contribution in [1.82, 2.24) is 20.2 Å². The molecule has 0 aliphatic rings. The molecule has 0 fully saturated rings. The first-order valence-electron chi connectivity index (χ1n) is 5.23. The Morgan fingerprint density at radius 3 is 2.80 bits per heavy atom. The van der Waals surface area contributed by atoms with Crippen LogP contribution < -0.4 is 0 Å². The van der Waals surface area contributed by atoms with Crippen molar-refractivity contribution in [3.05, 3.63) is 17.7 Å². The molecule has 0 amide bonds. The summed E-state index contributed by atoms with van der Waals surface area (Å²) in [5, 5.41) is 7.95. The summed E-state index contributed by atoms with van der Waals surface area (Å²) in [4.78, 5) is 8.86. The smallest absolute Gasteiger partial charge is 0.159 e. The summed E-state index contributed by atoms with van der Waals surface area (Å²) in [6.45, 7) is 8.47. The third kappa shape index (κ3) is 1.60. The van der Waals surface area contributed by atoms with E-state index in [2.05, 4.69) is 40.9 Å². The molecule has 0 bridgehead atoms. The van der Waals surface area contributed by atoms with Gasteiger partial charge in [-0.05, 0) is 13.3 Å². The van der Waals surface area contributed by atoms with E-state index in [1.165, 1.54) is 0 Å². The second-order valence-corrected chi connectivity index (χ2v) is 4.49. The topological polar surface area (TPSA) is 54.5 Å². The van der Waals surface area contributed by atoms with Crippen LogP contribution in [-0.2, 0) is 5.41 Å². The molecule has 2 rings (SSSR count). The van der Waals surface area contributed by atoms with Crippen LogP contribution >= 0.6 is 0 Å². The van der Waals surface area contributed by atoms with Gasteiger partial charge in [0.15, 0.2) is 5.65 Å². The monoisotopic (exact) mass is 206 g/mol. The molecule has 4 nitrogen and oxygen atoms in total. The molecule has 2 aromatic heterocycles. The van der Waals surface area contributed by atoms with Gasteiger partial charge in [0.05, 0.1) is 17.3 Å². The van der Waals surface area contributed by atoms with E-state index >= 15 is 0 Å². The highest BCUT2D eigenvalue weighted by Gasteiger charge is 2.23. The van der Waals surface area contributed by atoms with E-state index in [-0.39, 0.29) is 6.84 Å². The van der Waals surface area contributed by atoms with Crippen LogP contribution in [0.25, 0.3) is 11.0 Å². The number of aromatic amines is 1. The van der Waals surface area contributed by atoms with E-state index in [1.807, 2.05) is 13.1 Å².